The zero-order chi connectivity index (χ0) is 14.8. The Hall–Kier alpha value is -0.780. The Morgan fingerprint density at radius 1 is 1.00 bits per heavy atom. The molecule has 0 unspecified atom stereocenters. The number of hydrogen-bond acceptors (Lipinski definition) is 0. The number of hydrogen-bond donors (Lipinski definition) is 0. The molecule has 0 heterocycles. The average Bonchev–Trinajstić information content (AvgIpc) is 2.70. The minimum absolute atomic E-state index is 0.464. The van der Waals surface area contributed by atoms with Crippen molar-refractivity contribution >= 4 is 0 Å². The summed E-state index contributed by atoms with van der Waals surface area (Å²) in [5.74, 6) is 1.49. The highest BCUT2D eigenvalue weighted by molar-refractivity contribution is 5.23. The molecule has 0 nitrogen and oxygen atoms in total. The van der Waals surface area contributed by atoms with Crippen LogP contribution in [0.25, 0.3) is 0 Å². The highest BCUT2D eigenvalue weighted by Crippen LogP contribution is 2.50. The van der Waals surface area contributed by atoms with E-state index in [0.717, 1.165) is 5.92 Å². The Morgan fingerprint density at radius 2 is 1.65 bits per heavy atom. The molecule has 0 amide bonds. The fourth-order valence-corrected chi connectivity index (χ4v) is 3.95. The van der Waals surface area contributed by atoms with Crippen LogP contribution in [0, 0.1) is 17.3 Å². The summed E-state index contributed by atoms with van der Waals surface area (Å²) in [6.07, 6.45) is 15.2. The first-order valence-electron chi connectivity index (χ1n) is 8.43. The Bertz CT molecular complexity index is 433. The second-order valence-electron chi connectivity index (χ2n) is 7.65. The molecule has 0 fully saturated rings. The topological polar surface area (TPSA) is 0 Å². The van der Waals surface area contributed by atoms with Crippen LogP contribution in [0.15, 0.2) is 34.9 Å². The molecule has 0 aliphatic heterocycles. The van der Waals surface area contributed by atoms with E-state index in [4.69, 9.17) is 0 Å². The summed E-state index contributed by atoms with van der Waals surface area (Å²) in [5, 5.41) is 0. The van der Waals surface area contributed by atoms with Crippen molar-refractivity contribution in [2.24, 2.45) is 17.3 Å². The quantitative estimate of drug-likeness (QED) is 0.481. The van der Waals surface area contributed by atoms with Gasteiger partial charge in [-0.25, -0.2) is 0 Å². The molecule has 20 heavy (non-hydrogen) atoms. The molecule has 0 N–H and O–H groups in total. The molecule has 2 rings (SSSR count). The summed E-state index contributed by atoms with van der Waals surface area (Å²) in [5.41, 5.74) is 5.36. The Morgan fingerprint density at radius 3 is 2.35 bits per heavy atom. The molecule has 0 aromatic rings. The van der Waals surface area contributed by atoms with Gasteiger partial charge in [-0.05, 0) is 69.6 Å². The fraction of sp³-hybridized carbons (Fsp3) is 0.700. The normalized spacial score (nSPS) is 37.3. The monoisotopic (exact) mass is 272 g/mol. The molecule has 0 radical (unpaired) electrons. The van der Waals surface area contributed by atoms with Gasteiger partial charge in [-0.1, -0.05) is 55.7 Å². The maximum absolute atomic E-state index is 2.56. The summed E-state index contributed by atoms with van der Waals surface area (Å²) in [7, 11) is 0. The Labute approximate surface area is 126 Å². The van der Waals surface area contributed by atoms with E-state index in [1.54, 1.807) is 16.7 Å². The van der Waals surface area contributed by atoms with Gasteiger partial charge in [-0.3, -0.25) is 0 Å². The van der Waals surface area contributed by atoms with Gasteiger partial charge in [0, 0.05) is 0 Å². The zero-order valence-corrected chi connectivity index (χ0v) is 14.1. The number of rotatable bonds is 1. The van der Waals surface area contributed by atoms with E-state index in [0.29, 0.717) is 11.3 Å². The van der Waals surface area contributed by atoms with Crippen LogP contribution >= 0.6 is 0 Å². The van der Waals surface area contributed by atoms with Crippen molar-refractivity contribution in [1.29, 1.82) is 0 Å². The lowest BCUT2D eigenvalue weighted by Crippen LogP contribution is -2.25. The lowest BCUT2D eigenvalue weighted by Gasteiger charge is -2.34. The first-order chi connectivity index (χ1) is 9.42. The first kappa shape index (κ1) is 15.6. The van der Waals surface area contributed by atoms with Crippen LogP contribution in [-0.4, -0.2) is 0 Å². The molecule has 0 heteroatoms. The smallest absolute Gasteiger partial charge is 0.0138 e. The van der Waals surface area contributed by atoms with Gasteiger partial charge in [0.1, 0.15) is 0 Å². The number of fused-ring (bicyclic) bond motifs is 1. The standard InChI is InChI=1S/C20H32/c1-15(2)18-12-14-20(5)13-11-17(4)8-6-7-16(3)9-10-19(18)20/h7,11-12,15,19H,6,8-10,13-14H2,1-5H3/b16-7-,17-11-/t19-,20-/m0/s1. The number of allylic oxidation sites excluding steroid dienone is 6. The van der Waals surface area contributed by atoms with Gasteiger partial charge in [0.25, 0.3) is 0 Å². The third kappa shape index (κ3) is 3.45. The van der Waals surface area contributed by atoms with Gasteiger partial charge in [-0.2, -0.15) is 0 Å². The summed E-state index contributed by atoms with van der Waals surface area (Å²) in [6, 6.07) is 0. The lowest BCUT2D eigenvalue weighted by molar-refractivity contribution is 0.225. The van der Waals surface area contributed by atoms with Gasteiger partial charge in [0.2, 0.25) is 0 Å². The van der Waals surface area contributed by atoms with E-state index in [-0.39, 0.29) is 0 Å². The maximum Gasteiger partial charge on any atom is -0.0138 e. The van der Waals surface area contributed by atoms with Gasteiger partial charge >= 0.3 is 0 Å². The van der Waals surface area contributed by atoms with Crippen molar-refractivity contribution in [1.82, 2.24) is 0 Å². The molecule has 112 valence electrons. The van der Waals surface area contributed by atoms with Gasteiger partial charge in [-0.15, -0.1) is 0 Å². The van der Waals surface area contributed by atoms with Crippen molar-refractivity contribution in [2.45, 2.75) is 73.1 Å². The van der Waals surface area contributed by atoms with Crippen LogP contribution in [0.1, 0.15) is 73.1 Å². The molecule has 2 aliphatic rings. The molecule has 0 saturated carbocycles. The summed E-state index contributed by atoms with van der Waals surface area (Å²) in [4.78, 5) is 0. The Kier molecular flexibility index (Phi) is 4.94. The molecule has 0 saturated heterocycles. The minimum atomic E-state index is 0.464. The second-order valence-corrected chi connectivity index (χ2v) is 7.65. The van der Waals surface area contributed by atoms with Crippen LogP contribution in [-0.2, 0) is 0 Å². The zero-order valence-electron chi connectivity index (χ0n) is 14.1. The van der Waals surface area contributed by atoms with Crippen molar-refractivity contribution < 1.29 is 0 Å². The predicted molar refractivity (Wildman–Crippen MR) is 89.7 cm³/mol. The molecule has 0 spiro atoms. The van der Waals surface area contributed by atoms with Crippen LogP contribution in [0.4, 0.5) is 0 Å². The van der Waals surface area contributed by atoms with Crippen LogP contribution in [0.5, 0.6) is 0 Å². The highest BCUT2D eigenvalue weighted by Gasteiger charge is 2.39. The maximum atomic E-state index is 2.56. The molecule has 0 aromatic carbocycles. The Balaban J connectivity index is 2.26. The molecular formula is C20H32. The third-order valence-electron chi connectivity index (χ3n) is 5.49. The summed E-state index contributed by atoms with van der Waals surface area (Å²) >= 11 is 0. The van der Waals surface area contributed by atoms with Crippen molar-refractivity contribution in [3.05, 3.63) is 34.9 Å². The van der Waals surface area contributed by atoms with Crippen LogP contribution in [0.2, 0.25) is 0 Å². The van der Waals surface area contributed by atoms with Crippen molar-refractivity contribution in [3.63, 3.8) is 0 Å². The van der Waals surface area contributed by atoms with Crippen molar-refractivity contribution in [2.75, 3.05) is 0 Å². The van der Waals surface area contributed by atoms with E-state index in [1.807, 2.05) is 0 Å². The van der Waals surface area contributed by atoms with Gasteiger partial charge < -0.3 is 0 Å². The molecule has 0 aromatic heterocycles. The fourth-order valence-electron chi connectivity index (χ4n) is 3.95. The molecule has 2 atom stereocenters. The molecule has 0 bridgehead atoms. The van der Waals surface area contributed by atoms with E-state index in [1.165, 1.54) is 38.5 Å². The van der Waals surface area contributed by atoms with E-state index >= 15 is 0 Å². The first-order valence-corrected chi connectivity index (χ1v) is 8.43. The minimum Gasteiger partial charge on any atom is -0.0853 e. The van der Waals surface area contributed by atoms with E-state index < -0.39 is 0 Å². The molecular weight excluding hydrogens is 240 g/mol. The highest BCUT2D eigenvalue weighted by atomic mass is 14.4. The third-order valence-corrected chi connectivity index (χ3v) is 5.49. The van der Waals surface area contributed by atoms with Gasteiger partial charge in [0.05, 0.1) is 0 Å². The van der Waals surface area contributed by atoms with Crippen molar-refractivity contribution in [3.8, 4) is 0 Å². The SMILES string of the molecule is C/C1=C/C[C@@]2(C)CC=C(C(C)C)[C@@H]2CC/C(C)=C\CC1. The second kappa shape index (κ2) is 6.33. The van der Waals surface area contributed by atoms with Crippen LogP contribution < -0.4 is 0 Å². The van der Waals surface area contributed by atoms with E-state index in [2.05, 4.69) is 52.8 Å². The van der Waals surface area contributed by atoms with Crippen LogP contribution in [0.3, 0.4) is 0 Å². The summed E-state index contributed by atoms with van der Waals surface area (Å²) < 4.78 is 0. The summed E-state index contributed by atoms with van der Waals surface area (Å²) in [6.45, 7) is 11.9. The molecule has 2 aliphatic carbocycles. The van der Waals surface area contributed by atoms with Gasteiger partial charge in [0.15, 0.2) is 0 Å². The predicted octanol–water partition coefficient (Wildman–Crippen LogP) is 6.45. The lowest BCUT2D eigenvalue weighted by atomic mass is 9.70. The average molecular weight is 272 g/mol. The largest absolute Gasteiger partial charge is 0.0853 e. The van der Waals surface area contributed by atoms with E-state index in [9.17, 15) is 0 Å².